The molecule has 0 aliphatic carbocycles. The molecule has 126 valence electrons. The average molecular weight is 399 g/mol. The Bertz CT molecular complexity index is 743. The van der Waals surface area contributed by atoms with Crippen molar-refractivity contribution in [1.82, 2.24) is 14.3 Å². The summed E-state index contributed by atoms with van der Waals surface area (Å²) in [6.07, 6.45) is 5.36. The van der Waals surface area contributed by atoms with E-state index in [1.165, 1.54) is 22.3 Å². The molecule has 1 atom stereocenters. The van der Waals surface area contributed by atoms with Crippen molar-refractivity contribution in [2.24, 2.45) is 5.92 Å². The Morgan fingerprint density at radius 3 is 2.83 bits per heavy atom. The van der Waals surface area contributed by atoms with Gasteiger partial charge in [-0.05, 0) is 12.5 Å². The van der Waals surface area contributed by atoms with Gasteiger partial charge in [-0.3, -0.25) is 14.0 Å². The number of nitrogens with zero attached hydrogens (tertiary/aromatic N) is 3. The molecule has 6 nitrogen and oxygen atoms in total. The maximum absolute atomic E-state index is 12.1. The molecule has 1 unspecified atom stereocenters. The van der Waals surface area contributed by atoms with Crippen LogP contribution in [0.5, 0.6) is 0 Å². The summed E-state index contributed by atoms with van der Waals surface area (Å²) in [4.78, 5) is 29.4. The molecule has 2 aromatic heterocycles. The van der Waals surface area contributed by atoms with Crippen LogP contribution in [0.1, 0.15) is 12.1 Å². The first kappa shape index (κ1) is 19.8. The van der Waals surface area contributed by atoms with Gasteiger partial charge in [-0.25, -0.2) is 4.98 Å². The van der Waals surface area contributed by atoms with Crippen LogP contribution in [-0.2, 0) is 9.59 Å². The Kier molecular flexibility index (Phi) is 6.88. The summed E-state index contributed by atoms with van der Waals surface area (Å²) in [7, 11) is 0. The van der Waals surface area contributed by atoms with Crippen LogP contribution >= 0.6 is 47.8 Å². The van der Waals surface area contributed by atoms with Crippen LogP contribution in [0.15, 0.2) is 17.7 Å². The zero-order valence-electron chi connectivity index (χ0n) is 11.7. The van der Waals surface area contributed by atoms with E-state index in [2.05, 4.69) is 4.98 Å². The minimum Gasteiger partial charge on any atom is -0.481 e. The molecule has 1 fully saturated rings. The number of amides is 1. The number of rotatable bonds is 3. The number of carbonyl (C=O) groups excluding carboxylic acids is 1. The first-order chi connectivity index (χ1) is 10.1. The number of halogens is 3. The highest BCUT2D eigenvalue weighted by molar-refractivity contribution is 7.15. The standard InChI is InChI=1S/C13H12ClN3O3S.2ClH/c14-11-9(17-5-6-21-13(17)15-11)1-2-10(18)16-4-3-8(7-16)12(19)20;;/h1-2,5-6,8H,3-4,7H2,(H,19,20);2*1H/b2-1+;;. The summed E-state index contributed by atoms with van der Waals surface area (Å²) >= 11 is 7.50. The summed E-state index contributed by atoms with van der Waals surface area (Å²) in [5.74, 6) is -1.53. The lowest BCUT2D eigenvalue weighted by Gasteiger charge is -2.12. The van der Waals surface area contributed by atoms with E-state index in [9.17, 15) is 9.59 Å². The number of hydrogen-bond donors (Lipinski definition) is 1. The van der Waals surface area contributed by atoms with E-state index >= 15 is 0 Å². The van der Waals surface area contributed by atoms with Crippen molar-refractivity contribution in [2.45, 2.75) is 6.42 Å². The van der Waals surface area contributed by atoms with Crippen molar-refractivity contribution < 1.29 is 14.7 Å². The van der Waals surface area contributed by atoms with Crippen molar-refractivity contribution in [3.05, 3.63) is 28.5 Å². The average Bonchev–Trinajstić information content (AvgIpc) is 3.11. The maximum atomic E-state index is 12.1. The number of fused-ring (bicyclic) bond motifs is 1. The number of carboxylic acids is 1. The van der Waals surface area contributed by atoms with Crippen LogP contribution in [0.25, 0.3) is 11.0 Å². The summed E-state index contributed by atoms with van der Waals surface area (Å²) in [5.41, 5.74) is 0.648. The number of aliphatic carboxylic acids is 1. The van der Waals surface area contributed by atoms with Gasteiger partial charge in [-0.1, -0.05) is 11.6 Å². The predicted octanol–water partition coefficient (Wildman–Crippen LogP) is 2.84. The molecule has 0 saturated carbocycles. The van der Waals surface area contributed by atoms with Crippen LogP contribution in [0.3, 0.4) is 0 Å². The molecule has 0 spiro atoms. The van der Waals surface area contributed by atoms with Crippen molar-refractivity contribution in [2.75, 3.05) is 13.1 Å². The first-order valence-electron chi connectivity index (χ1n) is 6.37. The molecule has 2 aromatic rings. The number of imidazole rings is 1. The van der Waals surface area contributed by atoms with E-state index in [0.717, 1.165) is 4.96 Å². The Morgan fingerprint density at radius 2 is 2.17 bits per heavy atom. The lowest BCUT2D eigenvalue weighted by atomic mass is 10.1. The molecule has 10 heteroatoms. The fourth-order valence-corrected chi connectivity index (χ4v) is 3.35. The minimum atomic E-state index is -0.854. The topological polar surface area (TPSA) is 74.9 Å². The molecular weight excluding hydrogens is 385 g/mol. The van der Waals surface area contributed by atoms with Gasteiger partial charge in [0.25, 0.3) is 0 Å². The van der Waals surface area contributed by atoms with E-state index < -0.39 is 11.9 Å². The van der Waals surface area contributed by atoms with E-state index in [0.29, 0.717) is 23.8 Å². The van der Waals surface area contributed by atoms with Crippen LogP contribution in [0, 0.1) is 5.92 Å². The van der Waals surface area contributed by atoms with Gasteiger partial charge in [0.05, 0.1) is 11.6 Å². The van der Waals surface area contributed by atoms with Crippen LogP contribution in [0.2, 0.25) is 5.15 Å². The minimum absolute atomic E-state index is 0. The predicted molar refractivity (Wildman–Crippen MR) is 93.9 cm³/mol. The Morgan fingerprint density at radius 1 is 1.43 bits per heavy atom. The maximum Gasteiger partial charge on any atom is 0.308 e. The molecule has 1 aliphatic heterocycles. The summed E-state index contributed by atoms with van der Waals surface area (Å²) in [6, 6.07) is 0. The Labute approximate surface area is 153 Å². The van der Waals surface area contributed by atoms with E-state index in [4.69, 9.17) is 16.7 Å². The third kappa shape index (κ3) is 3.98. The fraction of sp³-hybridized carbons (Fsp3) is 0.308. The monoisotopic (exact) mass is 397 g/mol. The van der Waals surface area contributed by atoms with Gasteiger partial charge < -0.3 is 10.0 Å². The van der Waals surface area contributed by atoms with Crippen molar-refractivity contribution >= 4 is 70.7 Å². The van der Waals surface area contributed by atoms with Gasteiger partial charge in [0.1, 0.15) is 0 Å². The van der Waals surface area contributed by atoms with Gasteiger partial charge in [0.15, 0.2) is 10.1 Å². The molecule has 3 rings (SSSR count). The first-order valence-corrected chi connectivity index (χ1v) is 7.63. The molecule has 1 amide bonds. The second-order valence-corrected chi connectivity index (χ2v) is 6.02. The number of carbonyl (C=O) groups is 2. The Balaban J connectivity index is 0.00000132. The van der Waals surface area contributed by atoms with Gasteiger partial charge in [0, 0.05) is 30.7 Å². The smallest absolute Gasteiger partial charge is 0.308 e. The highest BCUT2D eigenvalue weighted by Crippen LogP contribution is 2.23. The molecular formula is C13H14Cl3N3O3S. The third-order valence-electron chi connectivity index (χ3n) is 3.49. The van der Waals surface area contributed by atoms with Crippen molar-refractivity contribution in [3.8, 4) is 0 Å². The second-order valence-electron chi connectivity index (χ2n) is 4.78. The molecule has 0 radical (unpaired) electrons. The number of aromatic nitrogens is 2. The highest BCUT2D eigenvalue weighted by Gasteiger charge is 2.29. The van der Waals surface area contributed by atoms with Crippen LogP contribution in [-0.4, -0.2) is 44.4 Å². The molecule has 0 aromatic carbocycles. The summed E-state index contributed by atoms with van der Waals surface area (Å²) in [6.45, 7) is 0.723. The van der Waals surface area contributed by atoms with Crippen LogP contribution < -0.4 is 0 Å². The fourth-order valence-electron chi connectivity index (χ4n) is 2.34. The van der Waals surface area contributed by atoms with E-state index in [1.807, 2.05) is 11.6 Å². The molecule has 1 N–H and O–H groups in total. The SMILES string of the molecule is Cl.Cl.O=C(O)C1CCN(C(=O)/C=C/c2c(Cl)nc3sccn23)C1. The quantitative estimate of drug-likeness (QED) is 0.807. The zero-order valence-corrected chi connectivity index (χ0v) is 14.9. The molecule has 3 heterocycles. The number of carboxylic acid groups (broad SMARTS) is 1. The van der Waals surface area contributed by atoms with E-state index in [-0.39, 0.29) is 37.3 Å². The molecule has 1 saturated heterocycles. The van der Waals surface area contributed by atoms with E-state index in [1.54, 1.807) is 10.5 Å². The van der Waals surface area contributed by atoms with Gasteiger partial charge >= 0.3 is 5.97 Å². The summed E-state index contributed by atoms with van der Waals surface area (Å²) in [5, 5.41) is 11.2. The van der Waals surface area contributed by atoms with Gasteiger partial charge in [-0.15, -0.1) is 36.2 Å². The zero-order chi connectivity index (χ0) is 15.0. The Hall–Kier alpha value is -1.28. The van der Waals surface area contributed by atoms with Crippen molar-refractivity contribution in [3.63, 3.8) is 0 Å². The molecule has 23 heavy (non-hydrogen) atoms. The number of likely N-dealkylation sites (tertiary alicyclic amines) is 1. The second kappa shape index (κ2) is 8.01. The van der Waals surface area contributed by atoms with Gasteiger partial charge in [-0.2, -0.15) is 0 Å². The lowest BCUT2D eigenvalue weighted by Crippen LogP contribution is -2.28. The number of thiazole rings is 1. The molecule has 1 aliphatic rings. The van der Waals surface area contributed by atoms with Crippen LogP contribution in [0.4, 0.5) is 0 Å². The lowest BCUT2D eigenvalue weighted by molar-refractivity contribution is -0.141. The molecule has 0 bridgehead atoms. The number of hydrogen-bond acceptors (Lipinski definition) is 4. The van der Waals surface area contributed by atoms with Gasteiger partial charge in [0.2, 0.25) is 5.91 Å². The van der Waals surface area contributed by atoms with Crippen molar-refractivity contribution in [1.29, 1.82) is 0 Å². The normalized spacial score (nSPS) is 17.3. The highest BCUT2D eigenvalue weighted by atomic mass is 35.5. The summed E-state index contributed by atoms with van der Waals surface area (Å²) < 4.78 is 1.81. The third-order valence-corrected chi connectivity index (χ3v) is 4.52. The largest absolute Gasteiger partial charge is 0.481 e.